The highest BCUT2D eigenvalue weighted by Gasteiger charge is 2.51. The molecule has 4 nitrogen and oxygen atoms in total. The minimum absolute atomic E-state index is 0.0189. The van der Waals surface area contributed by atoms with Crippen LogP contribution in [0, 0.1) is 11.8 Å². The maximum Gasteiger partial charge on any atom is 0.338 e. The number of unbranched alkanes of at least 4 members (excludes halogenated alkanes) is 2. The molecule has 2 aliphatic rings. The van der Waals surface area contributed by atoms with E-state index in [1.807, 2.05) is 18.2 Å². The van der Waals surface area contributed by atoms with Crippen LogP contribution in [0.2, 0.25) is 11.6 Å². The zero-order chi connectivity index (χ0) is 30.9. The molecule has 1 aliphatic carbocycles. The summed E-state index contributed by atoms with van der Waals surface area (Å²) in [4.78, 5) is 25.6. The Hall–Kier alpha value is -3.70. The van der Waals surface area contributed by atoms with E-state index < -0.39 is 8.07 Å². The largest absolute Gasteiger partial charge is 0.462 e. The first-order valence-corrected chi connectivity index (χ1v) is 18.6. The SMILES string of the molecule is C/C=C(/C)C[Si](c1ccccc1)(c1ccccc1)[C@H](/C=C/[C@H]1[C@H](OC(=O)c2ccccc2)CC2OC(=O)C[C@@H]21)CCCCC. The van der Waals surface area contributed by atoms with E-state index in [-0.39, 0.29) is 36.0 Å². The first-order valence-electron chi connectivity index (χ1n) is 16.3. The Morgan fingerprint density at radius 1 is 0.955 bits per heavy atom. The van der Waals surface area contributed by atoms with Crippen LogP contribution in [0.3, 0.4) is 0 Å². The molecule has 1 saturated heterocycles. The van der Waals surface area contributed by atoms with E-state index in [0.29, 0.717) is 23.9 Å². The Morgan fingerprint density at radius 3 is 2.16 bits per heavy atom. The van der Waals surface area contributed by atoms with Crippen molar-refractivity contribution in [2.75, 3.05) is 0 Å². The molecule has 5 rings (SSSR count). The number of fused-ring (bicyclic) bond motifs is 1. The van der Waals surface area contributed by atoms with E-state index in [0.717, 1.165) is 18.9 Å². The zero-order valence-corrected chi connectivity index (χ0v) is 27.4. The number of rotatable bonds is 13. The number of carbonyl (C=O) groups is 2. The molecule has 0 N–H and O–H groups in total. The topological polar surface area (TPSA) is 52.6 Å². The van der Waals surface area contributed by atoms with E-state index in [1.54, 1.807) is 12.1 Å². The summed E-state index contributed by atoms with van der Waals surface area (Å²) in [5, 5.41) is 2.88. The Kier molecular flexibility index (Phi) is 10.7. The molecule has 230 valence electrons. The fourth-order valence-corrected chi connectivity index (χ4v) is 13.1. The molecule has 2 fully saturated rings. The monoisotopic (exact) mass is 606 g/mol. The number of ether oxygens (including phenoxy) is 2. The Bertz CT molecular complexity index is 1390. The van der Waals surface area contributed by atoms with Gasteiger partial charge >= 0.3 is 11.9 Å². The molecule has 0 spiro atoms. The van der Waals surface area contributed by atoms with Crippen LogP contribution in [-0.2, 0) is 14.3 Å². The Balaban J connectivity index is 1.57. The van der Waals surface area contributed by atoms with Crippen molar-refractivity contribution in [2.45, 2.75) is 83.1 Å². The van der Waals surface area contributed by atoms with Crippen molar-refractivity contribution in [1.29, 1.82) is 0 Å². The van der Waals surface area contributed by atoms with E-state index in [4.69, 9.17) is 9.47 Å². The van der Waals surface area contributed by atoms with Gasteiger partial charge in [-0.1, -0.05) is 139 Å². The highest BCUT2D eigenvalue weighted by molar-refractivity contribution is 7.04. The van der Waals surface area contributed by atoms with Crippen LogP contribution in [0.5, 0.6) is 0 Å². The third-order valence-electron chi connectivity index (χ3n) is 9.76. The number of allylic oxidation sites excluding steroid dienone is 3. The van der Waals surface area contributed by atoms with Crippen molar-refractivity contribution in [3.63, 3.8) is 0 Å². The number of carbonyl (C=O) groups excluding carboxylic acids is 2. The first-order chi connectivity index (χ1) is 21.5. The lowest BCUT2D eigenvalue weighted by Crippen LogP contribution is -2.61. The number of hydrogen-bond donors (Lipinski definition) is 0. The van der Waals surface area contributed by atoms with E-state index in [2.05, 4.69) is 99.7 Å². The number of esters is 2. The summed E-state index contributed by atoms with van der Waals surface area (Å²) in [5.74, 6) is -0.521. The first kappa shape index (κ1) is 31.7. The number of benzene rings is 3. The standard InChI is InChI=1S/C39H46O4Si/c1-4-6-10-19-33(44(28-29(3)5-2,31-20-13-8-14-21-31)32-22-15-9-16-23-32)24-25-34-35-26-38(40)42-37(35)27-36(34)43-39(41)30-17-11-7-12-18-30/h5,7-9,11-18,20-25,33-37H,4,6,10,19,26-28H2,1-3H3/b25-24+,29-5-/t33-,34+,35+,36+,37?/m0/s1. The third-order valence-corrected chi connectivity index (χ3v) is 15.4. The van der Waals surface area contributed by atoms with Crippen molar-refractivity contribution >= 4 is 30.4 Å². The highest BCUT2D eigenvalue weighted by atomic mass is 28.3. The van der Waals surface area contributed by atoms with Gasteiger partial charge in [0.05, 0.1) is 12.0 Å². The smallest absolute Gasteiger partial charge is 0.338 e. The molecule has 3 aromatic rings. The van der Waals surface area contributed by atoms with Crippen molar-refractivity contribution in [3.8, 4) is 0 Å². The van der Waals surface area contributed by atoms with Crippen molar-refractivity contribution in [3.05, 3.63) is 120 Å². The predicted octanol–water partition coefficient (Wildman–Crippen LogP) is 7.90. The van der Waals surface area contributed by atoms with Crippen LogP contribution in [0.4, 0.5) is 0 Å². The second-order valence-electron chi connectivity index (χ2n) is 12.5. The van der Waals surface area contributed by atoms with Crippen molar-refractivity contribution < 1.29 is 19.1 Å². The average Bonchev–Trinajstić information content (AvgIpc) is 3.57. The summed E-state index contributed by atoms with van der Waals surface area (Å²) in [5.41, 5.74) is 2.27. The van der Waals surface area contributed by atoms with Crippen molar-refractivity contribution in [1.82, 2.24) is 0 Å². The molecule has 1 unspecified atom stereocenters. The molecule has 0 bridgehead atoms. The lowest BCUT2D eigenvalue weighted by Gasteiger charge is -2.40. The summed E-state index contributed by atoms with van der Waals surface area (Å²) in [6.07, 6.45) is 12.0. The summed E-state index contributed by atoms with van der Waals surface area (Å²) in [6, 6.07) is 32.5. The molecule has 5 heteroatoms. The predicted molar refractivity (Wildman–Crippen MR) is 181 cm³/mol. The summed E-state index contributed by atoms with van der Waals surface area (Å²) < 4.78 is 11.9. The maximum absolute atomic E-state index is 13.2. The fourth-order valence-electron chi connectivity index (χ4n) is 7.40. The summed E-state index contributed by atoms with van der Waals surface area (Å²) in [7, 11) is -2.40. The second-order valence-corrected chi connectivity index (χ2v) is 16.7. The summed E-state index contributed by atoms with van der Waals surface area (Å²) >= 11 is 0. The molecule has 1 saturated carbocycles. The van der Waals surface area contributed by atoms with Gasteiger partial charge in [-0.05, 0) is 44.0 Å². The van der Waals surface area contributed by atoms with Crippen LogP contribution >= 0.6 is 0 Å². The average molecular weight is 607 g/mol. The molecular formula is C39H46O4Si. The molecule has 0 aromatic heterocycles. The molecule has 0 amide bonds. The van der Waals surface area contributed by atoms with Gasteiger partial charge in [0.2, 0.25) is 0 Å². The Morgan fingerprint density at radius 2 is 1.57 bits per heavy atom. The van der Waals surface area contributed by atoms with E-state index in [1.165, 1.54) is 28.8 Å². The Labute approximate surface area is 264 Å². The highest BCUT2D eigenvalue weighted by Crippen LogP contribution is 2.45. The van der Waals surface area contributed by atoms with E-state index in [9.17, 15) is 9.59 Å². The van der Waals surface area contributed by atoms with Crippen molar-refractivity contribution in [2.24, 2.45) is 11.8 Å². The molecule has 0 radical (unpaired) electrons. The van der Waals surface area contributed by atoms with Gasteiger partial charge in [0.15, 0.2) is 0 Å². The molecule has 1 heterocycles. The minimum Gasteiger partial charge on any atom is -0.462 e. The molecule has 3 aromatic carbocycles. The van der Waals surface area contributed by atoms with Gasteiger partial charge in [-0.2, -0.15) is 0 Å². The van der Waals surface area contributed by atoms with Gasteiger partial charge in [0, 0.05) is 18.3 Å². The summed E-state index contributed by atoms with van der Waals surface area (Å²) in [6.45, 7) is 6.67. The van der Waals surface area contributed by atoms with Crippen LogP contribution in [-0.4, -0.2) is 32.2 Å². The van der Waals surface area contributed by atoms with Crippen LogP contribution < -0.4 is 10.4 Å². The molecule has 44 heavy (non-hydrogen) atoms. The normalized spacial score (nSPS) is 22.5. The molecule has 5 atom stereocenters. The molecular weight excluding hydrogens is 561 g/mol. The van der Waals surface area contributed by atoms with Gasteiger partial charge < -0.3 is 9.47 Å². The fraction of sp³-hybridized carbons (Fsp3) is 0.385. The van der Waals surface area contributed by atoms with Gasteiger partial charge in [0.25, 0.3) is 0 Å². The molecule has 1 aliphatic heterocycles. The number of hydrogen-bond acceptors (Lipinski definition) is 4. The van der Waals surface area contributed by atoms with Gasteiger partial charge in [-0.3, -0.25) is 4.79 Å². The third kappa shape index (κ3) is 6.99. The maximum atomic E-state index is 13.2. The van der Waals surface area contributed by atoms with Crippen LogP contribution in [0.15, 0.2) is 115 Å². The minimum atomic E-state index is -2.40. The second kappa shape index (κ2) is 14.9. The van der Waals surface area contributed by atoms with Gasteiger partial charge in [-0.25, -0.2) is 4.79 Å². The van der Waals surface area contributed by atoms with Gasteiger partial charge in [-0.15, -0.1) is 0 Å². The lowest BCUT2D eigenvalue weighted by atomic mass is 9.91. The quantitative estimate of drug-likeness (QED) is 0.0859. The van der Waals surface area contributed by atoms with Gasteiger partial charge in [0.1, 0.15) is 20.3 Å². The van der Waals surface area contributed by atoms with Crippen LogP contribution in [0.25, 0.3) is 0 Å². The zero-order valence-electron chi connectivity index (χ0n) is 26.4. The van der Waals surface area contributed by atoms with E-state index >= 15 is 0 Å². The lowest BCUT2D eigenvalue weighted by molar-refractivity contribution is -0.141. The van der Waals surface area contributed by atoms with Crippen LogP contribution in [0.1, 0.15) is 69.7 Å².